The number of halogens is 1. The standard InChI is InChI=1S/C13H15BrN2O/c1-9(15)6-12-8-17-13(16-12)7-10-2-4-11(14)5-3-10/h2-5,8-9H,6-7,15H2,1H3. The van der Waals surface area contributed by atoms with Crippen LogP contribution in [-0.2, 0) is 12.8 Å². The Morgan fingerprint density at radius 2 is 2.06 bits per heavy atom. The van der Waals surface area contributed by atoms with Gasteiger partial charge < -0.3 is 10.2 Å². The molecule has 1 atom stereocenters. The number of nitrogens with zero attached hydrogens (tertiary/aromatic N) is 1. The third kappa shape index (κ3) is 3.68. The molecule has 0 spiro atoms. The van der Waals surface area contributed by atoms with Crippen molar-refractivity contribution in [1.29, 1.82) is 0 Å². The molecule has 0 aliphatic carbocycles. The maximum Gasteiger partial charge on any atom is 0.198 e. The van der Waals surface area contributed by atoms with Gasteiger partial charge in [0.25, 0.3) is 0 Å². The van der Waals surface area contributed by atoms with Gasteiger partial charge in [-0.25, -0.2) is 4.98 Å². The number of nitrogens with two attached hydrogens (primary N) is 1. The van der Waals surface area contributed by atoms with Crippen LogP contribution in [0, 0.1) is 0 Å². The van der Waals surface area contributed by atoms with Crippen LogP contribution in [-0.4, -0.2) is 11.0 Å². The quantitative estimate of drug-likeness (QED) is 0.943. The van der Waals surface area contributed by atoms with Crippen molar-refractivity contribution in [2.24, 2.45) is 5.73 Å². The minimum Gasteiger partial charge on any atom is -0.448 e. The van der Waals surface area contributed by atoms with Crippen LogP contribution in [0.1, 0.15) is 24.1 Å². The van der Waals surface area contributed by atoms with E-state index in [2.05, 4.69) is 33.0 Å². The first-order valence-corrected chi connectivity index (χ1v) is 6.36. The maximum atomic E-state index is 5.72. The van der Waals surface area contributed by atoms with Crippen molar-refractivity contribution in [2.75, 3.05) is 0 Å². The molecule has 2 aromatic rings. The van der Waals surface area contributed by atoms with Gasteiger partial charge in [-0.2, -0.15) is 0 Å². The van der Waals surface area contributed by atoms with Crippen LogP contribution in [0.2, 0.25) is 0 Å². The van der Waals surface area contributed by atoms with Crippen LogP contribution in [0.4, 0.5) is 0 Å². The second-order valence-electron chi connectivity index (χ2n) is 4.22. The molecule has 0 bridgehead atoms. The average molecular weight is 295 g/mol. The number of benzene rings is 1. The highest BCUT2D eigenvalue weighted by Crippen LogP contribution is 2.14. The number of rotatable bonds is 4. The monoisotopic (exact) mass is 294 g/mol. The Bertz CT molecular complexity index is 476. The Morgan fingerprint density at radius 1 is 1.35 bits per heavy atom. The van der Waals surface area contributed by atoms with Crippen molar-refractivity contribution in [1.82, 2.24) is 4.98 Å². The Hall–Kier alpha value is -1.13. The van der Waals surface area contributed by atoms with Crippen molar-refractivity contribution in [3.05, 3.63) is 52.1 Å². The summed E-state index contributed by atoms with van der Waals surface area (Å²) >= 11 is 3.41. The predicted molar refractivity (Wildman–Crippen MR) is 70.8 cm³/mol. The van der Waals surface area contributed by atoms with Crippen molar-refractivity contribution in [3.8, 4) is 0 Å². The maximum absolute atomic E-state index is 5.72. The Balaban J connectivity index is 2.03. The van der Waals surface area contributed by atoms with E-state index in [1.165, 1.54) is 5.56 Å². The van der Waals surface area contributed by atoms with Crippen molar-refractivity contribution < 1.29 is 4.42 Å². The molecule has 1 aromatic carbocycles. The summed E-state index contributed by atoms with van der Waals surface area (Å²) < 4.78 is 6.50. The minimum absolute atomic E-state index is 0.112. The Labute approximate surface area is 109 Å². The molecule has 0 saturated heterocycles. The van der Waals surface area contributed by atoms with Crippen LogP contribution >= 0.6 is 15.9 Å². The molecule has 1 aromatic heterocycles. The first-order chi connectivity index (χ1) is 8.13. The average Bonchev–Trinajstić information content (AvgIpc) is 2.68. The van der Waals surface area contributed by atoms with Crippen molar-refractivity contribution >= 4 is 15.9 Å². The van der Waals surface area contributed by atoms with E-state index in [0.717, 1.165) is 22.5 Å². The number of aromatic nitrogens is 1. The van der Waals surface area contributed by atoms with E-state index in [9.17, 15) is 0 Å². The van der Waals surface area contributed by atoms with Gasteiger partial charge in [-0.05, 0) is 24.6 Å². The molecule has 3 nitrogen and oxygen atoms in total. The van der Waals surface area contributed by atoms with Gasteiger partial charge in [-0.1, -0.05) is 28.1 Å². The van der Waals surface area contributed by atoms with E-state index < -0.39 is 0 Å². The molecule has 90 valence electrons. The molecule has 0 aliphatic rings. The lowest BCUT2D eigenvalue weighted by Crippen LogP contribution is -2.17. The first kappa shape index (κ1) is 12.3. The lowest BCUT2D eigenvalue weighted by atomic mass is 10.1. The summed E-state index contributed by atoms with van der Waals surface area (Å²) in [7, 11) is 0. The fourth-order valence-corrected chi connectivity index (χ4v) is 1.89. The van der Waals surface area contributed by atoms with E-state index in [0.29, 0.717) is 6.42 Å². The summed E-state index contributed by atoms with van der Waals surface area (Å²) in [6, 6.07) is 8.25. The third-order valence-corrected chi connectivity index (χ3v) is 2.93. The summed E-state index contributed by atoms with van der Waals surface area (Å²) in [5.41, 5.74) is 7.82. The largest absolute Gasteiger partial charge is 0.448 e. The van der Waals surface area contributed by atoms with Gasteiger partial charge >= 0.3 is 0 Å². The fraction of sp³-hybridized carbons (Fsp3) is 0.308. The van der Waals surface area contributed by atoms with Gasteiger partial charge in [0.05, 0.1) is 5.69 Å². The molecule has 0 amide bonds. The molecule has 17 heavy (non-hydrogen) atoms. The SMILES string of the molecule is CC(N)Cc1coc(Cc2ccc(Br)cc2)n1. The van der Waals surface area contributed by atoms with Crippen LogP contribution < -0.4 is 5.73 Å². The normalized spacial score (nSPS) is 12.6. The molecule has 0 radical (unpaired) electrons. The van der Waals surface area contributed by atoms with Crippen LogP contribution in [0.15, 0.2) is 39.4 Å². The molecule has 0 saturated carbocycles. The highest BCUT2D eigenvalue weighted by Gasteiger charge is 2.06. The smallest absolute Gasteiger partial charge is 0.198 e. The Morgan fingerprint density at radius 3 is 2.71 bits per heavy atom. The molecular formula is C13H15BrN2O. The van der Waals surface area contributed by atoms with Gasteiger partial charge in [-0.3, -0.25) is 0 Å². The van der Waals surface area contributed by atoms with Crippen molar-refractivity contribution in [3.63, 3.8) is 0 Å². The van der Waals surface area contributed by atoms with Crippen LogP contribution in [0.5, 0.6) is 0 Å². The summed E-state index contributed by atoms with van der Waals surface area (Å²) in [5.74, 6) is 0.739. The third-order valence-electron chi connectivity index (χ3n) is 2.40. The molecule has 1 heterocycles. The predicted octanol–water partition coefficient (Wildman–Crippen LogP) is 2.92. The minimum atomic E-state index is 0.112. The van der Waals surface area contributed by atoms with Gasteiger partial charge in [0.15, 0.2) is 5.89 Å². The summed E-state index contributed by atoms with van der Waals surface area (Å²) in [6.45, 7) is 1.96. The first-order valence-electron chi connectivity index (χ1n) is 5.57. The molecule has 1 unspecified atom stereocenters. The van der Waals surface area contributed by atoms with E-state index in [1.807, 2.05) is 19.1 Å². The molecule has 4 heteroatoms. The van der Waals surface area contributed by atoms with E-state index >= 15 is 0 Å². The molecule has 2 rings (SSSR count). The van der Waals surface area contributed by atoms with Gasteiger partial charge in [0.2, 0.25) is 0 Å². The van der Waals surface area contributed by atoms with Gasteiger partial charge in [-0.15, -0.1) is 0 Å². The summed E-state index contributed by atoms with van der Waals surface area (Å²) in [5, 5.41) is 0. The highest BCUT2D eigenvalue weighted by atomic mass is 79.9. The number of oxazole rings is 1. The number of hydrogen-bond donors (Lipinski definition) is 1. The topological polar surface area (TPSA) is 52.0 Å². The zero-order valence-corrected chi connectivity index (χ0v) is 11.3. The molecule has 2 N–H and O–H groups in total. The van der Waals surface area contributed by atoms with E-state index in [1.54, 1.807) is 6.26 Å². The lowest BCUT2D eigenvalue weighted by molar-refractivity contribution is 0.506. The second kappa shape index (κ2) is 5.47. The fourth-order valence-electron chi connectivity index (χ4n) is 1.63. The molecule has 0 aliphatic heterocycles. The Kier molecular flexibility index (Phi) is 3.97. The van der Waals surface area contributed by atoms with Gasteiger partial charge in [0.1, 0.15) is 6.26 Å². The second-order valence-corrected chi connectivity index (χ2v) is 5.13. The summed E-state index contributed by atoms with van der Waals surface area (Å²) in [6.07, 6.45) is 3.16. The van der Waals surface area contributed by atoms with Crippen LogP contribution in [0.25, 0.3) is 0 Å². The summed E-state index contributed by atoms with van der Waals surface area (Å²) in [4.78, 5) is 4.41. The van der Waals surface area contributed by atoms with E-state index in [4.69, 9.17) is 10.2 Å². The zero-order chi connectivity index (χ0) is 12.3. The highest BCUT2D eigenvalue weighted by molar-refractivity contribution is 9.10. The number of hydrogen-bond acceptors (Lipinski definition) is 3. The van der Waals surface area contributed by atoms with Gasteiger partial charge in [0, 0.05) is 23.4 Å². The van der Waals surface area contributed by atoms with Crippen LogP contribution in [0.3, 0.4) is 0 Å². The van der Waals surface area contributed by atoms with Crippen molar-refractivity contribution in [2.45, 2.75) is 25.8 Å². The molecule has 0 fully saturated rings. The zero-order valence-electron chi connectivity index (χ0n) is 9.69. The lowest BCUT2D eigenvalue weighted by Gasteiger charge is -1.99. The van der Waals surface area contributed by atoms with E-state index in [-0.39, 0.29) is 6.04 Å². The molecular weight excluding hydrogens is 280 g/mol.